The van der Waals surface area contributed by atoms with Crippen LogP contribution in [-0.4, -0.2) is 11.8 Å². The highest BCUT2D eigenvalue weighted by Crippen LogP contribution is 2.37. The number of hydrogen-bond acceptors (Lipinski definition) is 3. The Morgan fingerprint density at radius 1 is 1.00 bits per heavy atom. The van der Waals surface area contributed by atoms with Crippen LogP contribution in [0.3, 0.4) is 0 Å². The molecule has 0 bridgehead atoms. The van der Waals surface area contributed by atoms with Crippen molar-refractivity contribution in [3.05, 3.63) is 16.0 Å². The van der Waals surface area contributed by atoms with Crippen LogP contribution < -0.4 is 11.1 Å². The lowest BCUT2D eigenvalue weighted by atomic mass is 9.86. The fourth-order valence-electron chi connectivity index (χ4n) is 4.27. The lowest BCUT2D eigenvalue weighted by Crippen LogP contribution is -2.19. The van der Waals surface area contributed by atoms with Gasteiger partial charge < -0.3 is 11.1 Å². The second kappa shape index (κ2) is 8.84. The van der Waals surface area contributed by atoms with Crippen LogP contribution in [0.4, 0.5) is 5.00 Å². The third-order valence-electron chi connectivity index (χ3n) is 5.68. The molecule has 1 fully saturated rings. The standard InChI is InChI=1S/C20H30N2O2S/c21-19(24)18-15-10-6-1-2-7-11-16(15)25-20(18)22-17(23)13-12-14-8-4-3-5-9-14/h14H,1-13H2,(H2,21,24)(H,22,23). The molecule has 25 heavy (non-hydrogen) atoms. The molecule has 138 valence electrons. The number of nitrogens with one attached hydrogen (secondary N) is 1. The summed E-state index contributed by atoms with van der Waals surface area (Å²) >= 11 is 1.57. The molecule has 3 rings (SSSR count). The predicted molar refractivity (Wildman–Crippen MR) is 103 cm³/mol. The van der Waals surface area contributed by atoms with Crippen molar-refractivity contribution in [3.63, 3.8) is 0 Å². The summed E-state index contributed by atoms with van der Waals surface area (Å²) in [4.78, 5) is 25.7. The molecule has 2 aliphatic carbocycles. The smallest absolute Gasteiger partial charge is 0.251 e. The Morgan fingerprint density at radius 2 is 1.68 bits per heavy atom. The number of primary amides is 1. The van der Waals surface area contributed by atoms with Gasteiger partial charge in [0.1, 0.15) is 5.00 Å². The van der Waals surface area contributed by atoms with Crippen LogP contribution in [0.2, 0.25) is 0 Å². The quantitative estimate of drug-likeness (QED) is 0.789. The number of carbonyl (C=O) groups is 2. The number of aryl methyl sites for hydroxylation is 1. The monoisotopic (exact) mass is 362 g/mol. The Kier molecular flexibility index (Phi) is 6.51. The molecule has 1 aromatic rings. The summed E-state index contributed by atoms with van der Waals surface area (Å²) in [5.74, 6) is 0.321. The maximum atomic E-state index is 12.4. The van der Waals surface area contributed by atoms with Gasteiger partial charge >= 0.3 is 0 Å². The lowest BCUT2D eigenvalue weighted by Gasteiger charge is -2.20. The van der Waals surface area contributed by atoms with Gasteiger partial charge in [-0.2, -0.15) is 0 Å². The molecular formula is C20H30N2O2S. The van der Waals surface area contributed by atoms with Crippen molar-refractivity contribution in [1.29, 1.82) is 0 Å². The summed E-state index contributed by atoms with van der Waals surface area (Å²) < 4.78 is 0. The van der Waals surface area contributed by atoms with Crippen molar-refractivity contribution in [2.75, 3.05) is 5.32 Å². The van der Waals surface area contributed by atoms with Crippen LogP contribution in [0, 0.1) is 5.92 Å². The van der Waals surface area contributed by atoms with Crippen molar-refractivity contribution in [3.8, 4) is 0 Å². The first-order valence-corrected chi connectivity index (χ1v) is 10.7. The highest BCUT2D eigenvalue weighted by molar-refractivity contribution is 7.17. The van der Waals surface area contributed by atoms with Gasteiger partial charge in [-0.05, 0) is 43.6 Å². The minimum atomic E-state index is -0.402. The van der Waals surface area contributed by atoms with Crippen molar-refractivity contribution in [2.24, 2.45) is 11.7 Å². The molecule has 0 unspecified atom stereocenters. The van der Waals surface area contributed by atoms with Crippen LogP contribution in [0.15, 0.2) is 0 Å². The van der Waals surface area contributed by atoms with E-state index in [1.54, 1.807) is 11.3 Å². The largest absolute Gasteiger partial charge is 0.365 e. The topological polar surface area (TPSA) is 72.2 Å². The van der Waals surface area contributed by atoms with Gasteiger partial charge in [0.2, 0.25) is 5.91 Å². The third-order valence-corrected chi connectivity index (χ3v) is 6.88. The molecule has 5 heteroatoms. The zero-order valence-corrected chi connectivity index (χ0v) is 15.9. The zero-order valence-electron chi connectivity index (χ0n) is 15.1. The molecule has 3 N–H and O–H groups in total. The minimum Gasteiger partial charge on any atom is -0.365 e. The number of thiophene rings is 1. The summed E-state index contributed by atoms with van der Waals surface area (Å²) in [5, 5.41) is 3.70. The molecule has 1 heterocycles. The van der Waals surface area contributed by atoms with Gasteiger partial charge in [0, 0.05) is 11.3 Å². The molecule has 0 saturated heterocycles. The van der Waals surface area contributed by atoms with Gasteiger partial charge in [-0.15, -0.1) is 11.3 Å². The normalized spacial score (nSPS) is 18.9. The van der Waals surface area contributed by atoms with Crippen molar-refractivity contribution in [1.82, 2.24) is 0 Å². The van der Waals surface area contributed by atoms with Crippen LogP contribution in [0.5, 0.6) is 0 Å². The number of rotatable bonds is 5. The molecule has 0 aliphatic heterocycles. The summed E-state index contributed by atoms with van der Waals surface area (Å²) in [5.41, 5.74) is 7.33. The number of nitrogens with two attached hydrogens (primary N) is 1. The summed E-state index contributed by atoms with van der Waals surface area (Å²) in [6, 6.07) is 0. The molecular weight excluding hydrogens is 332 g/mol. The Hall–Kier alpha value is -1.36. The van der Waals surface area contributed by atoms with E-state index in [1.807, 2.05) is 0 Å². The first-order chi connectivity index (χ1) is 12.1. The van der Waals surface area contributed by atoms with Gasteiger partial charge in [-0.25, -0.2) is 0 Å². The molecule has 2 aliphatic rings. The highest BCUT2D eigenvalue weighted by atomic mass is 32.1. The van der Waals surface area contributed by atoms with E-state index < -0.39 is 5.91 Å². The fraction of sp³-hybridized carbons (Fsp3) is 0.700. The van der Waals surface area contributed by atoms with Crippen molar-refractivity contribution in [2.45, 2.75) is 83.5 Å². The van der Waals surface area contributed by atoms with Crippen LogP contribution >= 0.6 is 11.3 Å². The lowest BCUT2D eigenvalue weighted by molar-refractivity contribution is -0.116. The fourth-order valence-corrected chi connectivity index (χ4v) is 5.58. The Balaban J connectivity index is 1.67. The molecule has 0 spiro atoms. The first kappa shape index (κ1) is 18.4. The SMILES string of the molecule is NC(=O)c1c(NC(=O)CCC2CCCCC2)sc2c1CCCCCC2. The first-order valence-electron chi connectivity index (χ1n) is 9.89. The number of anilines is 1. The van der Waals surface area contributed by atoms with Gasteiger partial charge in [0.05, 0.1) is 5.56 Å². The minimum absolute atomic E-state index is 0.0299. The van der Waals surface area contributed by atoms with Crippen molar-refractivity contribution < 1.29 is 9.59 Å². The average Bonchev–Trinajstić information content (AvgIpc) is 2.90. The van der Waals surface area contributed by atoms with Gasteiger partial charge in [0.25, 0.3) is 5.91 Å². The average molecular weight is 363 g/mol. The Labute approximate surface area is 154 Å². The molecule has 2 amide bonds. The molecule has 4 nitrogen and oxygen atoms in total. The van der Waals surface area contributed by atoms with E-state index >= 15 is 0 Å². The molecule has 0 radical (unpaired) electrons. The Bertz CT molecular complexity index is 617. The maximum Gasteiger partial charge on any atom is 0.251 e. The number of fused-ring (bicyclic) bond motifs is 1. The zero-order chi connectivity index (χ0) is 17.6. The van der Waals surface area contributed by atoms with E-state index in [0.29, 0.717) is 22.9 Å². The van der Waals surface area contributed by atoms with E-state index in [0.717, 1.165) is 37.7 Å². The summed E-state index contributed by atoms with van der Waals surface area (Å²) in [6.07, 6.45) is 14.6. The van der Waals surface area contributed by atoms with E-state index in [9.17, 15) is 9.59 Å². The number of carbonyl (C=O) groups excluding carboxylic acids is 2. The van der Waals surface area contributed by atoms with Crippen LogP contribution in [0.25, 0.3) is 0 Å². The second-order valence-electron chi connectivity index (χ2n) is 7.58. The summed E-state index contributed by atoms with van der Waals surface area (Å²) in [6.45, 7) is 0. The predicted octanol–water partition coefficient (Wildman–Crippen LogP) is 4.81. The van der Waals surface area contributed by atoms with Crippen molar-refractivity contribution >= 4 is 28.2 Å². The van der Waals surface area contributed by atoms with Gasteiger partial charge in [-0.3, -0.25) is 9.59 Å². The molecule has 0 atom stereocenters. The molecule has 1 aromatic heterocycles. The van der Waals surface area contributed by atoms with E-state index in [2.05, 4.69) is 5.32 Å². The highest BCUT2D eigenvalue weighted by Gasteiger charge is 2.24. The summed E-state index contributed by atoms with van der Waals surface area (Å²) in [7, 11) is 0. The van der Waals surface area contributed by atoms with Crippen LogP contribution in [-0.2, 0) is 17.6 Å². The van der Waals surface area contributed by atoms with E-state index in [-0.39, 0.29) is 5.91 Å². The van der Waals surface area contributed by atoms with Crippen LogP contribution in [0.1, 0.15) is 91.4 Å². The van der Waals surface area contributed by atoms with E-state index in [1.165, 1.54) is 49.8 Å². The van der Waals surface area contributed by atoms with Gasteiger partial charge in [-0.1, -0.05) is 44.9 Å². The van der Waals surface area contributed by atoms with Gasteiger partial charge in [0.15, 0.2) is 0 Å². The Morgan fingerprint density at radius 3 is 2.40 bits per heavy atom. The maximum absolute atomic E-state index is 12.4. The number of amides is 2. The number of hydrogen-bond donors (Lipinski definition) is 2. The molecule has 0 aromatic carbocycles. The third kappa shape index (κ3) is 4.84. The molecule has 1 saturated carbocycles. The second-order valence-corrected chi connectivity index (χ2v) is 8.68. The van der Waals surface area contributed by atoms with E-state index in [4.69, 9.17) is 5.73 Å².